The van der Waals surface area contributed by atoms with Crippen molar-refractivity contribution in [3.8, 4) is 5.75 Å². The largest absolute Gasteiger partial charge is 0.527 e. The Morgan fingerprint density at radius 1 is 1.17 bits per heavy atom. The van der Waals surface area contributed by atoms with Crippen LogP contribution < -0.4 is 4.90 Å². The van der Waals surface area contributed by atoms with E-state index in [4.69, 9.17) is 0 Å². The Kier molecular flexibility index (Phi) is 4.63. The van der Waals surface area contributed by atoms with Crippen molar-refractivity contribution in [1.82, 2.24) is 0 Å². The van der Waals surface area contributed by atoms with Gasteiger partial charge in [-0.2, -0.15) is 6.07 Å². The van der Waals surface area contributed by atoms with Gasteiger partial charge in [-0.15, -0.1) is 11.6 Å². The molecule has 0 atom stereocenters. The predicted octanol–water partition coefficient (Wildman–Crippen LogP) is 2.21. The van der Waals surface area contributed by atoms with Gasteiger partial charge in [0.25, 0.3) is 11.8 Å². The molecule has 0 aromatic heterocycles. The fourth-order valence-corrected chi connectivity index (χ4v) is 2.46. The van der Waals surface area contributed by atoms with Crippen LogP contribution in [-0.4, -0.2) is 21.8 Å². The van der Waals surface area contributed by atoms with Crippen LogP contribution >= 0.6 is 0 Å². The van der Waals surface area contributed by atoms with Gasteiger partial charge in [-0.1, -0.05) is 19.1 Å². The number of rotatable bonds is 2. The molecule has 0 unspecified atom stereocenters. The number of amides is 2. The Balaban J connectivity index is 0.00000192. The summed E-state index contributed by atoms with van der Waals surface area (Å²) in [4.78, 5) is 36.0. The van der Waals surface area contributed by atoms with Crippen molar-refractivity contribution in [3.05, 3.63) is 63.2 Å². The first kappa shape index (κ1) is 17.2. The molecule has 2 amide bonds. The van der Waals surface area contributed by atoms with E-state index in [0.717, 1.165) is 4.90 Å². The molecule has 23 heavy (non-hydrogen) atoms. The number of fused-ring (bicyclic) bond motifs is 1. The Morgan fingerprint density at radius 2 is 1.70 bits per heavy atom. The van der Waals surface area contributed by atoms with Crippen LogP contribution in [0.15, 0.2) is 30.3 Å². The molecule has 7 nitrogen and oxygen atoms in total. The number of nitrogens with zero attached hydrogens (tertiary/aromatic N) is 2. The molecule has 2 aromatic rings. The van der Waals surface area contributed by atoms with Crippen molar-refractivity contribution in [2.45, 2.75) is 6.92 Å². The van der Waals surface area contributed by atoms with Crippen LogP contribution in [0.1, 0.15) is 26.3 Å². The van der Waals surface area contributed by atoms with Gasteiger partial charge in [-0.25, -0.2) is 0 Å². The third-order valence-corrected chi connectivity index (χ3v) is 3.45. The number of nitro groups is 1. The number of phenolic OH excluding ortho intramolecular Hbond substituents is 1. The number of nitro benzene ring substituents is 1. The average molecular weight is 386 g/mol. The first-order chi connectivity index (χ1) is 10.4. The Hall–Kier alpha value is -2.12. The summed E-state index contributed by atoms with van der Waals surface area (Å²) in [6.45, 7) is 1.50. The summed E-state index contributed by atoms with van der Waals surface area (Å²) >= 11 is 0. The third-order valence-electron chi connectivity index (χ3n) is 3.45. The summed E-state index contributed by atoms with van der Waals surface area (Å²) < 4.78 is 0. The van der Waals surface area contributed by atoms with Crippen molar-refractivity contribution in [1.29, 1.82) is 0 Å². The molecule has 0 fully saturated rings. The summed E-state index contributed by atoms with van der Waals surface area (Å²) in [5.74, 6) is -2.03. The minimum Gasteiger partial charge on any atom is -0.527 e. The molecule has 0 spiro atoms. The van der Waals surface area contributed by atoms with Gasteiger partial charge in [0.05, 0.1) is 16.9 Å². The average Bonchev–Trinajstić information content (AvgIpc) is 2.73. The van der Waals surface area contributed by atoms with Gasteiger partial charge in [-0.05, 0) is 12.1 Å². The number of aromatic hydroxyl groups is 1. The van der Waals surface area contributed by atoms with Crippen molar-refractivity contribution in [3.63, 3.8) is 0 Å². The number of carbonyl (C=O) groups is 2. The zero-order valence-electron chi connectivity index (χ0n) is 11.9. The molecule has 113 valence electrons. The summed E-state index contributed by atoms with van der Waals surface area (Å²) in [5, 5.41) is 20.9. The topological polar surface area (TPSA) is 101 Å². The number of imide groups is 1. The van der Waals surface area contributed by atoms with Crippen molar-refractivity contribution < 1.29 is 52.3 Å². The van der Waals surface area contributed by atoms with Crippen LogP contribution in [0.25, 0.3) is 0 Å². The molecule has 3 rings (SSSR count). The van der Waals surface area contributed by atoms with E-state index in [1.165, 1.54) is 25.1 Å². The van der Waals surface area contributed by atoms with E-state index in [2.05, 4.69) is 6.07 Å². The second kappa shape index (κ2) is 6.18. The predicted molar refractivity (Wildman–Crippen MR) is 75.9 cm³/mol. The number of aryl methyl sites for hydroxylation is 1. The van der Waals surface area contributed by atoms with Gasteiger partial charge >= 0.3 is 0 Å². The van der Waals surface area contributed by atoms with Crippen LogP contribution in [0.3, 0.4) is 0 Å². The van der Waals surface area contributed by atoms with Crippen LogP contribution in [-0.2, 0) is 32.7 Å². The summed E-state index contributed by atoms with van der Waals surface area (Å²) in [6.07, 6.45) is 0. The van der Waals surface area contributed by atoms with Crippen molar-refractivity contribution in [2.24, 2.45) is 0 Å². The number of hydrogen-bond donors (Lipinski definition) is 1. The molecule has 1 radical (unpaired) electrons. The van der Waals surface area contributed by atoms with Crippen LogP contribution in [0.5, 0.6) is 5.75 Å². The van der Waals surface area contributed by atoms with Crippen LogP contribution in [0, 0.1) is 23.1 Å². The second-order valence-corrected chi connectivity index (χ2v) is 4.77. The van der Waals surface area contributed by atoms with Crippen LogP contribution in [0.4, 0.5) is 11.4 Å². The third kappa shape index (κ3) is 2.56. The zero-order valence-corrected chi connectivity index (χ0v) is 14.8. The van der Waals surface area contributed by atoms with E-state index in [0.29, 0.717) is 5.56 Å². The monoisotopic (exact) mass is 386 g/mol. The van der Waals surface area contributed by atoms with E-state index in [1.807, 2.05) is 0 Å². The number of hydrogen-bond acceptors (Lipinski definition) is 5. The molecule has 1 aliphatic heterocycles. The van der Waals surface area contributed by atoms with Gasteiger partial charge in [0, 0.05) is 43.3 Å². The van der Waals surface area contributed by atoms with E-state index in [-0.39, 0.29) is 49.5 Å². The standard InChI is InChI=1S/C15H9N2O5.Y/c1-8-6-7-11(18)13(17(21)22)12(8)16-14(19)9-4-2-3-5-10(9)15(16)20;/h2-6,18H,1H3;/q-1;. The quantitative estimate of drug-likeness (QED) is 0.369. The summed E-state index contributed by atoms with van der Waals surface area (Å²) in [6, 6.07) is 9.78. The Morgan fingerprint density at radius 3 is 2.17 bits per heavy atom. The van der Waals surface area contributed by atoms with Gasteiger partial charge in [0.1, 0.15) is 0 Å². The van der Waals surface area contributed by atoms with Crippen molar-refractivity contribution >= 4 is 23.2 Å². The fourth-order valence-electron chi connectivity index (χ4n) is 2.46. The van der Waals surface area contributed by atoms with E-state index in [1.54, 1.807) is 12.1 Å². The summed E-state index contributed by atoms with van der Waals surface area (Å²) in [5.41, 5.74) is -0.303. The maximum atomic E-state index is 12.4. The smallest absolute Gasteiger partial charge is 0.264 e. The van der Waals surface area contributed by atoms with E-state index in [9.17, 15) is 24.8 Å². The van der Waals surface area contributed by atoms with Crippen LogP contribution in [0.2, 0.25) is 0 Å². The normalized spacial score (nSPS) is 12.8. The minimum atomic E-state index is -0.836. The maximum absolute atomic E-state index is 12.4. The number of carbonyl (C=O) groups excluding carboxylic acids is 2. The zero-order chi connectivity index (χ0) is 16.0. The number of anilines is 1. The van der Waals surface area contributed by atoms with Gasteiger partial charge in [0.2, 0.25) is 5.69 Å². The molecular formula is C15H9N2O5Y-. The summed E-state index contributed by atoms with van der Waals surface area (Å²) in [7, 11) is 0. The molecule has 0 saturated heterocycles. The molecule has 8 heteroatoms. The Labute approximate surface area is 155 Å². The number of benzene rings is 2. The van der Waals surface area contributed by atoms with E-state index >= 15 is 0 Å². The van der Waals surface area contributed by atoms with Crippen molar-refractivity contribution in [2.75, 3.05) is 4.90 Å². The van der Waals surface area contributed by atoms with Gasteiger partial charge in [0.15, 0.2) is 0 Å². The molecule has 2 aromatic carbocycles. The molecule has 0 aliphatic carbocycles. The van der Waals surface area contributed by atoms with Gasteiger partial charge in [-0.3, -0.25) is 24.6 Å². The molecule has 1 heterocycles. The van der Waals surface area contributed by atoms with Gasteiger partial charge < -0.3 is 5.11 Å². The fraction of sp³-hybridized carbons (Fsp3) is 0.0667. The SMILES string of the molecule is Cc1c[c-]c(O)c([N+](=O)[O-])c1N1C(=O)c2ccccc2C1=O.[Y]. The maximum Gasteiger partial charge on any atom is 0.264 e. The number of phenols is 1. The Bertz CT molecular complexity index is 815. The minimum absolute atomic E-state index is 0. The van der Waals surface area contributed by atoms with E-state index < -0.39 is 28.2 Å². The first-order valence-corrected chi connectivity index (χ1v) is 6.30. The molecular weight excluding hydrogens is 377 g/mol. The second-order valence-electron chi connectivity index (χ2n) is 4.77. The molecule has 1 N–H and O–H groups in total. The molecule has 1 aliphatic rings. The molecule has 0 bridgehead atoms. The first-order valence-electron chi connectivity index (χ1n) is 6.30. The molecule has 0 saturated carbocycles.